The predicted molar refractivity (Wildman–Crippen MR) is 54.9 cm³/mol. The van der Waals surface area contributed by atoms with E-state index in [4.69, 9.17) is 0 Å². The Morgan fingerprint density at radius 3 is 2.42 bits per heavy atom. The summed E-state index contributed by atoms with van der Waals surface area (Å²) in [5, 5.41) is 0. The highest BCUT2D eigenvalue weighted by Gasteiger charge is 2.12. The molecule has 1 aliphatic carbocycles. The largest absolute Gasteiger partial charge is 0.0628 e. The van der Waals surface area contributed by atoms with Gasteiger partial charge in [-0.1, -0.05) is 46.0 Å². The molecular formula is C12H23. The first kappa shape index (κ1) is 10.1. The summed E-state index contributed by atoms with van der Waals surface area (Å²) in [5.74, 6) is 1.89. The van der Waals surface area contributed by atoms with Crippen molar-refractivity contribution in [3.8, 4) is 0 Å². The van der Waals surface area contributed by atoms with Crippen LogP contribution in [0.1, 0.15) is 58.8 Å². The molecule has 1 aliphatic rings. The first-order valence-corrected chi connectivity index (χ1v) is 5.60. The Labute approximate surface area is 77.7 Å². The summed E-state index contributed by atoms with van der Waals surface area (Å²) in [6, 6.07) is 0. The molecule has 0 aromatic rings. The van der Waals surface area contributed by atoms with E-state index in [2.05, 4.69) is 20.3 Å². The first-order chi connectivity index (χ1) is 5.79. The van der Waals surface area contributed by atoms with Gasteiger partial charge < -0.3 is 0 Å². The molecule has 0 saturated heterocycles. The minimum absolute atomic E-state index is 0.855. The van der Waals surface area contributed by atoms with Crippen LogP contribution < -0.4 is 0 Å². The van der Waals surface area contributed by atoms with Gasteiger partial charge in [0.25, 0.3) is 0 Å². The van der Waals surface area contributed by atoms with Gasteiger partial charge in [-0.2, -0.15) is 0 Å². The molecule has 1 fully saturated rings. The molecule has 0 atom stereocenters. The number of rotatable bonds is 4. The Balaban J connectivity index is 1.98. The van der Waals surface area contributed by atoms with Crippen molar-refractivity contribution in [2.75, 3.05) is 0 Å². The van der Waals surface area contributed by atoms with Crippen molar-refractivity contribution in [2.45, 2.75) is 58.8 Å². The summed E-state index contributed by atoms with van der Waals surface area (Å²) >= 11 is 0. The molecule has 0 unspecified atom stereocenters. The van der Waals surface area contributed by atoms with Gasteiger partial charge in [-0.3, -0.25) is 0 Å². The normalized spacial score (nSPS) is 20.2. The monoisotopic (exact) mass is 167 g/mol. The Bertz CT molecular complexity index is 98.6. The van der Waals surface area contributed by atoms with Crippen LogP contribution in [-0.2, 0) is 0 Å². The van der Waals surface area contributed by atoms with Crippen molar-refractivity contribution >= 4 is 0 Å². The van der Waals surface area contributed by atoms with Gasteiger partial charge >= 0.3 is 0 Å². The molecule has 0 heteroatoms. The van der Waals surface area contributed by atoms with E-state index in [1.165, 1.54) is 44.9 Å². The molecule has 0 aromatic carbocycles. The second kappa shape index (κ2) is 5.61. The van der Waals surface area contributed by atoms with Gasteiger partial charge in [-0.15, -0.1) is 0 Å². The molecule has 0 spiro atoms. The van der Waals surface area contributed by atoms with Crippen LogP contribution in [0.25, 0.3) is 0 Å². The zero-order valence-corrected chi connectivity index (χ0v) is 8.68. The van der Waals surface area contributed by atoms with Crippen LogP contribution in [0.2, 0.25) is 0 Å². The van der Waals surface area contributed by atoms with Gasteiger partial charge in [0, 0.05) is 0 Å². The van der Waals surface area contributed by atoms with Gasteiger partial charge in [-0.05, 0) is 31.1 Å². The van der Waals surface area contributed by atoms with E-state index in [0.717, 1.165) is 11.8 Å². The average Bonchev–Trinajstić information content (AvgIpc) is 2.05. The van der Waals surface area contributed by atoms with Crippen molar-refractivity contribution in [3.63, 3.8) is 0 Å². The Morgan fingerprint density at radius 2 is 1.83 bits per heavy atom. The molecule has 0 aromatic heterocycles. The molecule has 12 heavy (non-hydrogen) atoms. The minimum atomic E-state index is 0.855. The average molecular weight is 167 g/mol. The summed E-state index contributed by atoms with van der Waals surface area (Å²) in [5.41, 5.74) is 0. The standard InChI is InChI=1S/C12H23/c1-11(2)7-6-10-12-8-4-3-5-9-12/h6,11-12H,3-5,7-10H2,1-2H3. The summed E-state index contributed by atoms with van der Waals surface area (Å²) in [6.45, 7) is 4.61. The molecule has 0 heterocycles. The third-order valence-corrected chi connectivity index (χ3v) is 2.86. The lowest BCUT2D eigenvalue weighted by atomic mass is 9.85. The van der Waals surface area contributed by atoms with Crippen molar-refractivity contribution in [1.29, 1.82) is 0 Å². The van der Waals surface area contributed by atoms with E-state index >= 15 is 0 Å². The lowest BCUT2D eigenvalue weighted by molar-refractivity contribution is 0.349. The Hall–Kier alpha value is 0. The molecular weight excluding hydrogens is 144 g/mol. The van der Waals surface area contributed by atoms with Crippen molar-refractivity contribution in [3.05, 3.63) is 6.42 Å². The highest BCUT2D eigenvalue weighted by molar-refractivity contribution is 4.74. The van der Waals surface area contributed by atoms with Gasteiger partial charge in [0.2, 0.25) is 0 Å². The second-order valence-corrected chi connectivity index (χ2v) is 4.66. The molecule has 0 bridgehead atoms. The molecule has 71 valence electrons. The molecule has 1 rings (SSSR count). The molecule has 0 aliphatic heterocycles. The second-order valence-electron chi connectivity index (χ2n) is 4.66. The van der Waals surface area contributed by atoms with Gasteiger partial charge in [0.1, 0.15) is 0 Å². The predicted octanol–water partition coefficient (Wildman–Crippen LogP) is 4.21. The van der Waals surface area contributed by atoms with Crippen LogP contribution in [0.15, 0.2) is 0 Å². The molecule has 0 nitrogen and oxygen atoms in total. The fraction of sp³-hybridized carbons (Fsp3) is 0.917. The Kier molecular flexibility index (Phi) is 4.72. The zero-order valence-electron chi connectivity index (χ0n) is 8.68. The van der Waals surface area contributed by atoms with Crippen LogP contribution in [0.5, 0.6) is 0 Å². The van der Waals surface area contributed by atoms with Gasteiger partial charge in [-0.25, -0.2) is 0 Å². The third-order valence-electron chi connectivity index (χ3n) is 2.86. The minimum Gasteiger partial charge on any atom is -0.0628 e. The van der Waals surface area contributed by atoms with E-state index in [1.54, 1.807) is 0 Å². The highest BCUT2D eigenvalue weighted by atomic mass is 14.2. The molecule has 0 N–H and O–H groups in total. The first-order valence-electron chi connectivity index (χ1n) is 5.60. The van der Waals surface area contributed by atoms with E-state index < -0.39 is 0 Å². The summed E-state index contributed by atoms with van der Waals surface area (Å²) in [4.78, 5) is 0. The smallest absolute Gasteiger partial charge is 0.0381 e. The summed E-state index contributed by atoms with van der Waals surface area (Å²) in [7, 11) is 0. The summed E-state index contributed by atoms with van der Waals surface area (Å²) in [6.07, 6.45) is 12.7. The van der Waals surface area contributed by atoms with Crippen LogP contribution in [0.4, 0.5) is 0 Å². The number of hydrogen-bond acceptors (Lipinski definition) is 0. The van der Waals surface area contributed by atoms with Gasteiger partial charge in [0.05, 0.1) is 0 Å². The maximum Gasteiger partial charge on any atom is -0.0381 e. The lowest BCUT2D eigenvalue weighted by Gasteiger charge is -2.21. The van der Waals surface area contributed by atoms with Crippen molar-refractivity contribution in [1.82, 2.24) is 0 Å². The fourth-order valence-corrected chi connectivity index (χ4v) is 2.09. The SMILES string of the molecule is CC(C)C[CH]CC1CCCCC1. The van der Waals surface area contributed by atoms with E-state index in [9.17, 15) is 0 Å². The lowest BCUT2D eigenvalue weighted by Crippen LogP contribution is -2.06. The van der Waals surface area contributed by atoms with Crippen LogP contribution >= 0.6 is 0 Å². The molecule has 1 radical (unpaired) electrons. The maximum atomic E-state index is 2.51. The number of hydrogen-bond donors (Lipinski definition) is 0. The highest BCUT2D eigenvalue weighted by Crippen LogP contribution is 2.27. The van der Waals surface area contributed by atoms with E-state index in [1.807, 2.05) is 0 Å². The summed E-state index contributed by atoms with van der Waals surface area (Å²) < 4.78 is 0. The van der Waals surface area contributed by atoms with E-state index in [-0.39, 0.29) is 0 Å². The van der Waals surface area contributed by atoms with E-state index in [0.29, 0.717) is 0 Å². The Morgan fingerprint density at radius 1 is 1.17 bits per heavy atom. The molecule has 1 saturated carbocycles. The van der Waals surface area contributed by atoms with Gasteiger partial charge in [0.15, 0.2) is 0 Å². The third kappa shape index (κ3) is 4.13. The van der Waals surface area contributed by atoms with Crippen molar-refractivity contribution < 1.29 is 0 Å². The fourth-order valence-electron chi connectivity index (χ4n) is 2.09. The quantitative estimate of drug-likeness (QED) is 0.588. The molecule has 0 amide bonds. The maximum absolute atomic E-state index is 2.51. The van der Waals surface area contributed by atoms with Crippen molar-refractivity contribution in [2.24, 2.45) is 11.8 Å². The van der Waals surface area contributed by atoms with Crippen LogP contribution in [0, 0.1) is 18.3 Å². The van der Waals surface area contributed by atoms with Crippen LogP contribution in [-0.4, -0.2) is 0 Å². The topological polar surface area (TPSA) is 0 Å². The van der Waals surface area contributed by atoms with Crippen LogP contribution in [0.3, 0.4) is 0 Å². The zero-order chi connectivity index (χ0) is 8.81.